The van der Waals surface area contributed by atoms with Gasteiger partial charge in [0.2, 0.25) is 0 Å². The molecule has 0 aliphatic carbocycles. The van der Waals surface area contributed by atoms with E-state index in [1.165, 1.54) is 12.4 Å². The fraction of sp³-hybridized carbons (Fsp3) is 0.143. The minimum absolute atomic E-state index is 0.262. The number of rotatable bonds is 1. The summed E-state index contributed by atoms with van der Waals surface area (Å²) in [5.41, 5.74) is 0. The molecular weight excluding hydrogens is 140 g/mol. The van der Waals surface area contributed by atoms with Gasteiger partial charge in [-0.05, 0) is 6.07 Å². The number of hydrogen-bond donors (Lipinski definition) is 0. The van der Waals surface area contributed by atoms with E-state index in [0.717, 1.165) is 0 Å². The van der Waals surface area contributed by atoms with Crippen molar-refractivity contribution in [3.63, 3.8) is 0 Å². The molecule has 4 heteroatoms. The van der Waals surface area contributed by atoms with Crippen molar-refractivity contribution in [2.75, 3.05) is 0 Å². The molecule has 0 bridgehead atoms. The molecular formula is C7H4N4. The summed E-state index contributed by atoms with van der Waals surface area (Å²) in [7, 11) is 0. The Labute approximate surface area is 63.8 Å². The van der Waals surface area contributed by atoms with Gasteiger partial charge in [-0.15, -0.1) is 0 Å². The fourth-order valence-electron chi connectivity index (χ4n) is 0.604. The van der Waals surface area contributed by atoms with Crippen molar-refractivity contribution in [1.82, 2.24) is 9.97 Å². The van der Waals surface area contributed by atoms with Crippen LogP contribution in [0, 0.1) is 22.7 Å². The van der Waals surface area contributed by atoms with Crippen molar-refractivity contribution in [1.29, 1.82) is 10.5 Å². The average Bonchev–Trinajstić information content (AvgIpc) is 2.09. The second-order valence-electron chi connectivity index (χ2n) is 1.80. The lowest BCUT2D eigenvalue weighted by molar-refractivity contribution is 0.924. The van der Waals surface area contributed by atoms with Gasteiger partial charge in [0.15, 0.2) is 11.7 Å². The van der Waals surface area contributed by atoms with Gasteiger partial charge in [-0.25, -0.2) is 9.97 Å². The van der Waals surface area contributed by atoms with Crippen LogP contribution in [-0.4, -0.2) is 9.97 Å². The van der Waals surface area contributed by atoms with Crippen LogP contribution in [0.4, 0.5) is 0 Å². The predicted octanol–water partition coefficient (Wildman–Crippen LogP) is 0.607. The van der Waals surface area contributed by atoms with E-state index >= 15 is 0 Å². The maximum atomic E-state index is 8.43. The Morgan fingerprint density at radius 1 is 1.18 bits per heavy atom. The Hall–Kier alpha value is -1.94. The van der Waals surface area contributed by atoms with Crippen LogP contribution in [0.2, 0.25) is 0 Å². The van der Waals surface area contributed by atoms with E-state index in [9.17, 15) is 0 Å². The van der Waals surface area contributed by atoms with Gasteiger partial charge >= 0.3 is 0 Å². The molecule has 0 saturated heterocycles. The number of hydrogen-bond acceptors (Lipinski definition) is 4. The first-order valence-corrected chi connectivity index (χ1v) is 2.94. The second-order valence-corrected chi connectivity index (χ2v) is 1.80. The lowest BCUT2D eigenvalue weighted by Gasteiger charge is -1.94. The second kappa shape index (κ2) is 3.28. The zero-order valence-electron chi connectivity index (χ0n) is 5.60. The van der Waals surface area contributed by atoms with Gasteiger partial charge in [-0.1, -0.05) is 0 Å². The normalized spacial score (nSPS) is 8.64. The monoisotopic (exact) mass is 144 g/mol. The van der Waals surface area contributed by atoms with Gasteiger partial charge in [-0.3, -0.25) is 0 Å². The summed E-state index contributed by atoms with van der Waals surface area (Å²) in [5, 5.41) is 16.9. The van der Waals surface area contributed by atoms with Crippen LogP contribution in [-0.2, 0) is 0 Å². The lowest BCUT2D eigenvalue weighted by Crippen LogP contribution is -1.97. The largest absolute Gasteiger partial charge is 0.239 e. The van der Waals surface area contributed by atoms with Gasteiger partial charge in [-0.2, -0.15) is 10.5 Å². The quantitative estimate of drug-likeness (QED) is 0.578. The van der Waals surface area contributed by atoms with Gasteiger partial charge in [0.05, 0.1) is 12.1 Å². The smallest absolute Gasteiger partial charge is 0.192 e. The van der Waals surface area contributed by atoms with Crippen molar-refractivity contribution >= 4 is 0 Å². The van der Waals surface area contributed by atoms with E-state index in [-0.39, 0.29) is 5.82 Å². The molecule has 0 aliphatic rings. The van der Waals surface area contributed by atoms with Crippen LogP contribution < -0.4 is 0 Å². The van der Waals surface area contributed by atoms with Crippen molar-refractivity contribution in [2.45, 2.75) is 5.92 Å². The number of aromatic nitrogens is 2. The van der Waals surface area contributed by atoms with Crippen molar-refractivity contribution < 1.29 is 0 Å². The zero-order chi connectivity index (χ0) is 8.10. The first-order valence-electron chi connectivity index (χ1n) is 2.94. The van der Waals surface area contributed by atoms with Crippen molar-refractivity contribution in [3.8, 4) is 12.1 Å². The number of nitriles is 2. The molecule has 1 aromatic rings. The Balaban J connectivity index is 2.96. The molecule has 0 spiro atoms. The van der Waals surface area contributed by atoms with Crippen molar-refractivity contribution in [2.24, 2.45) is 0 Å². The minimum atomic E-state index is -0.851. The topological polar surface area (TPSA) is 73.4 Å². The maximum Gasteiger partial charge on any atom is 0.192 e. The third-order valence-corrected chi connectivity index (χ3v) is 1.10. The highest BCUT2D eigenvalue weighted by Crippen LogP contribution is 2.05. The number of nitrogens with zero attached hydrogens (tertiary/aromatic N) is 4. The predicted molar refractivity (Wildman–Crippen MR) is 36.0 cm³/mol. The van der Waals surface area contributed by atoms with E-state index in [1.54, 1.807) is 18.2 Å². The van der Waals surface area contributed by atoms with Crippen LogP contribution in [0.25, 0.3) is 0 Å². The summed E-state index contributed by atoms with van der Waals surface area (Å²) in [6, 6.07) is 5.20. The highest BCUT2D eigenvalue weighted by atomic mass is 14.9. The van der Waals surface area contributed by atoms with E-state index < -0.39 is 5.92 Å². The zero-order valence-corrected chi connectivity index (χ0v) is 5.60. The Bertz CT molecular complexity index is 291. The fourth-order valence-corrected chi connectivity index (χ4v) is 0.604. The summed E-state index contributed by atoms with van der Waals surface area (Å²) >= 11 is 0. The van der Waals surface area contributed by atoms with Crippen LogP contribution in [0.15, 0.2) is 18.5 Å². The molecule has 0 N–H and O–H groups in total. The van der Waals surface area contributed by atoms with E-state index in [1.807, 2.05) is 0 Å². The van der Waals surface area contributed by atoms with Gasteiger partial charge < -0.3 is 0 Å². The minimum Gasteiger partial charge on any atom is -0.239 e. The molecule has 0 unspecified atom stereocenters. The molecule has 0 radical (unpaired) electrons. The summed E-state index contributed by atoms with van der Waals surface area (Å²) in [4.78, 5) is 7.53. The van der Waals surface area contributed by atoms with Crippen LogP contribution in [0.3, 0.4) is 0 Å². The van der Waals surface area contributed by atoms with E-state index in [2.05, 4.69) is 9.97 Å². The van der Waals surface area contributed by atoms with Crippen LogP contribution in [0.1, 0.15) is 11.7 Å². The highest BCUT2D eigenvalue weighted by molar-refractivity contribution is 5.18. The van der Waals surface area contributed by atoms with Gasteiger partial charge in [0.25, 0.3) is 0 Å². The van der Waals surface area contributed by atoms with Gasteiger partial charge in [0, 0.05) is 12.4 Å². The van der Waals surface area contributed by atoms with Crippen LogP contribution in [0.5, 0.6) is 0 Å². The highest BCUT2D eigenvalue weighted by Gasteiger charge is 2.10. The van der Waals surface area contributed by atoms with Crippen molar-refractivity contribution in [3.05, 3.63) is 24.3 Å². The molecule has 0 atom stereocenters. The molecule has 1 aromatic heterocycles. The first kappa shape index (κ1) is 7.17. The molecule has 0 saturated carbocycles. The first-order chi connectivity index (χ1) is 5.38. The van der Waals surface area contributed by atoms with Crippen LogP contribution >= 0.6 is 0 Å². The molecule has 0 fully saturated rings. The third kappa shape index (κ3) is 1.50. The Kier molecular flexibility index (Phi) is 2.14. The standard InChI is InChI=1S/C7H4N4/c8-4-6(5-9)7-10-2-1-3-11-7/h1-3,6H. The lowest BCUT2D eigenvalue weighted by atomic mass is 10.2. The molecule has 0 aliphatic heterocycles. The molecule has 4 nitrogen and oxygen atoms in total. The van der Waals surface area contributed by atoms with Gasteiger partial charge in [0.1, 0.15) is 0 Å². The molecule has 52 valence electrons. The molecule has 11 heavy (non-hydrogen) atoms. The SMILES string of the molecule is N#CC(C#N)c1ncccn1. The Morgan fingerprint density at radius 3 is 2.18 bits per heavy atom. The Morgan fingerprint density at radius 2 is 1.73 bits per heavy atom. The maximum absolute atomic E-state index is 8.43. The summed E-state index contributed by atoms with van der Waals surface area (Å²) in [6.07, 6.45) is 3.01. The molecule has 0 amide bonds. The van der Waals surface area contributed by atoms with E-state index in [4.69, 9.17) is 10.5 Å². The third-order valence-electron chi connectivity index (χ3n) is 1.10. The summed E-state index contributed by atoms with van der Waals surface area (Å²) < 4.78 is 0. The van der Waals surface area contributed by atoms with E-state index in [0.29, 0.717) is 0 Å². The summed E-state index contributed by atoms with van der Waals surface area (Å²) in [6.45, 7) is 0. The molecule has 1 rings (SSSR count). The average molecular weight is 144 g/mol. The molecule has 1 heterocycles. The molecule has 0 aromatic carbocycles. The summed E-state index contributed by atoms with van der Waals surface area (Å²) in [5.74, 6) is -0.589.